The van der Waals surface area contributed by atoms with Crippen molar-refractivity contribution in [3.05, 3.63) is 65.7 Å². The largest absolute Gasteiger partial charge is 0.476 e. The molecular weight excluding hydrogens is 312 g/mol. The van der Waals surface area contributed by atoms with Crippen LogP contribution in [0.2, 0.25) is 0 Å². The van der Waals surface area contributed by atoms with E-state index in [1.807, 2.05) is 48.5 Å². The maximum Gasteiger partial charge on any atom is 0.265 e. The molecule has 2 N–H and O–H groups in total. The van der Waals surface area contributed by atoms with Gasteiger partial charge in [-0.3, -0.25) is 4.79 Å². The maximum atomic E-state index is 12.8. The van der Waals surface area contributed by atoms with E-state index in [1.165, 1.54) is 5.56 Å². The number of hydrogen-bond donors (Lipinski definition) is 2. The van der Waals surface area contributed by atoms with E-state index in [-0.39, 0.29) is 5.91 Å². The van der Waals surface area contributed by atoms with Crippen LogP contribution in [0.15, 0.2) is 54.6 Å². The summed E-state index contributed by atoms with van der Waals surface area (Å²) in [7, 11) is 0. The fraction of sp³-hybridized carbons (Fsp3) is 0.381. The zero-order chi connectivity index (χ0) is 17.6. The predicted octanol–water partition coefficient (Wildman–Crippen LogP) is 3.27. The summed E-state index contributed by atoms with van der Waals surface area (Å²) < 4.78 is 6.11. The second-order valence-corrected chi connectivity index (χ2v) is 6.91. The molecule has 0 bridgehead atoms. The maximum absolute atomic E-state index is 12.8. The van der Waals surface area contributed by atoms with Crippen LogP contribution in [0, 0.1) is 5.92 Å². The minimum atomic E-state index is -0.642. The summed E-state index contributed by atoms with van der Waals surface area (Å²) in [5, 5.41) is 6.26. The van der Waals surface area contributed by atoms with Gasteiger partial charge in [0.15, 0.2) is 0 Å². The summed E-state index contributed by atoms with van der Waals surface area (Å²) >= 11 is 0. The first-order chi connectivity index (χ1) is 12.1. The van der Waals surface area contributed by atoms with E-state index in [2.05, 4.69) is 30.5 Å². The molecule has 1 saturated heterocycles. The van der Waals surface area contributed by atoms with E-state index >= 15 is 0 Å². The van der Waals surface area contributed by atoms with Crippen molar-refractivity contribution in [3.63, 3.8) is 0 Å². The van der Waals surface area contributed by atoms with Crippen LogP contribution in [0.4, 0.5) is 0 Å². The Kier molecular flexibility index (Phi) is 5.71. The average Bonchev–Trinajstić information content (AvgIpc) is 2.59. The van der Waals surface area contributed by atoms with Crippen molar-refractivity contribution in [2.45, 2.75) is 25.9 Å². The summed E-state index contributed by atoms with van der Waals surface area (Å²) in [5.74, 6) is 1.57. The Morgan fingerprint density at radius 2 is 1.84 bits per heavy atom. The van der Waals surface area contributed by atoms with Gasteiger partial charge in [-0.2, -0.15) is 0 Å². The van der Waals surface area contributed by atoms with Crippen molar-refractivity contribution in [2.24, 2.45) is 5.92 Å². The SMILES string of the molecule is CC(C)c1cccc(OC(C(=O)NCC2CNC2)c2ccccc2)c1. The molecule has 132 valence electrons. The number of amides is 1. The molecule has 1 atom stereocenters. The smallest absolute Gasteiger partial charge is 0.265 e. The highest BCUT2D eigenvalue weighted by Crippen LogP contribution is 2.26. The summed E-state index contributed by atoms with van der Waals surface area (Å²) in [6, 6.07) is 17.7. The van der Waals surface area contributed by atoms with Crippen LogP contribution in [-0.4, -0.2) is 25.5 Å². The lowest BCUT2D eigenvalue weighted by Crippen LogP contribution is -2.49. The van der Waals surface area contributed by atoms with Gasteiger partial charge in [-0.1, -0.05) is 56.3 Å². The van der Waals surface area contributed by atoms with Gasteiger partial charge in [0.1, 0.15) is 5.75 Å². The number of benzene rings is 2. The van der Waals surface area contributed by atoms with Crippen molar-refractivity contribution in [3.8, 4) is 5.75 Å². The molecule has 1 fully saturated rings. The standard InChI is InChI=1S/C21H26N2O2/c1-15(2)18-9-6-10-19(11-18)25-20(17-7-4-3-5-8-17)21(24)23-14-16-12-22-13-16/h3-11,15-16,20,22H,12-14H2,1-2H3,(H,23,24). The van der Waals surface area contributed by atoms with E-state index in [4.69, 9.17) is 4.74 Å². The number of hydrogen-bond acceptors (Lipinski definition) is 3. The molecule has 0 spiro atoms. The van der Waals surface area contributed by atoms with Gasteiger partial charge in [0.2, 0.25) is 6.10 Å². The molecule has 3 rings (SSSR count). The average molecular weight is 338 g/mol. The van der Waals surface area contributed by atoms with E-state index < -0.39 is 6.10 Å². The lowest BCUT2D eigenvalue weighted by molar-refractivity contribution is -0.128. The molecule has 1 heterocycles. The van der Waals surface area contributed by atoms with Gasteiger partial charge in [0.05, 0.1) is 0 Å². The highest BCUT2D eigenvalue weighted by molar-refractivity contribution is 5.82. The molecule has 0 aliphatic carbocycles. The van der Waals surface area contributed by atoms with Gasteiger partial charge in [-0.25, -0.2) is 0 Å². The number of nitrogens with one attached hydrogen (secondary N) is 2. The van der Waals surface area contributed by atoms with Crippen LogP contribution < -0.4 is 15.4 Å². The highest BCUT2D eigenvalue weighted by Gasteiger charge is 2.25. The summed E-state index contributed by atoms with van der Waals surface area (Å²) in [4.78, 5) is 12.8. The zero-order valence-electron chi connectivity index (χ0n) is 14.9. The van der Waals surface area contributed by atoms with Crippen molar-refractivity contribution in [2.75, 3.05) is 19.6 Å². The van der Waals surface area contributed by atoms with Gasteiger partial charge >= 0.3 is 0 Å². The molecule has 4 heteroatoms. The highest BCUT2D eigenvalue weighted by atomic mass is 16.5. The van der Waals surface area contributed by atoms with Gasteiger partial charge in [0, 0.05) is 31.1 Å². The van der Waals surface area contributed by atoms with Crippen LogP contribution in [0.5, 0.6) is 5.75 Å². The molecule has 2 aromatic rings. The fourth-order valence-corrected chi connectivity index (χ4v) is 2.81. The Bertz CT molecular complexity index is 696. The third-order valence-corrected chi connectivity index (χ3v) is 4.55. The molecule has 0 radical (unpaired) electrons. The Morgan fingerprint density at radius 1 is 1.12 bits per heavy atom. The first kappa shape index (κ1) is 17.5. The minimum absolute atomic E-state index is 0.0898. The molecular formula is C21H26N2O2. The predicted molar refractivity (Wildman–Crippen MR) is 99.7 cm³/mol. The Balaban J connectivity index is 1.76. The van der Waals surface area contributed by atoms with Crippen molar-refractivity contribution in [1.29, 1.82) is 0 Å². The molecule has 1 amide bonds. The fourth-order valence-electron chi connectivity index (χ4n) is 2.81. The molecule has 1 aliphatic rings. The topological polar surface area (TPSA) is 50.4 Å². The quantitative estimate of drug-likeness (QED) is 0.815. The molecule has 2 aromatic carbocycles. The van der Waals surface area contributed by atoms with Gasteiger partial charge < -0.3 is 15.4 Å². The van der Waals surface area contributed by atoms with Gasteiger partial charge in [-0.15, -0.1) is 0 Å². The van der Waals surface area contributed by atoms with Crippen LogP contribution in [-0.2, 0) is 4.79 Å². The Morgan fingerprint density at radius 3 is 2.48 bits per heavy atom. The zero-order valence-corrected chi connectivity index (χ0v) is 14.9. The summed E-state index contributed by atoms with van der Waals surface area (Å²) in [6.45, 7) is 6.91. The second-order valence-electron chi connectivity index (χ2n) is 6.91. The number of carbonyl (C=O) groups excluding carboxylic acids is 1. The van der Waals surface area contributed by atoms with Crippen molar-refractivity contribution < 1.29 is 9.53 Å². The molecule has 0 aromatic heterocycles. The number of rotatable bonds is 7. The molecule has 25 heavy (non-hydrogen) atoms. The minimum Gasteiger partial charge on any atom is -0.476 e. The van der Waals surface area contributed by atoms with Crippen molar-refractivity contribution in [1.82, 2.24) is 10.6 Å². The van der Waals surface area contributed by atoms with E-state index in [0.717, 1.165) is 24.4 Å². The first-order valence-corrected chi connectivity index (χ1v) is 8.93. The van der Waals surface area contributed by atoms with Crippen LogP contribution in [0.3, 0.4) is 0 Å². The second kappa shape index (κ2) is 8.17. The molecule has 4 nitrogen and oxygen atoms in total. The Hall–Kier alpha value is -2.33. The molecule has 1 aliphatic heterocycles. The van der Waals surface area contributed by atoms with Crippen LogP contribution in [0.25, 0.3) is 0 Å². The Labute approximate surface area is 149 Å². The lowest BCUT2D eigenvalue weighted by Gasteiger charge is -2.28. The van der Waals surface area contributed by atoms with Crippen molar-refractivity contribution >= 4 is 5.91 Å². The number of carbonyl (C=O) groups is 1. The monoisotopic (exact) mass is 338 g/mol. The summed E-state index contributed by atoms with van der Waals surface area (Å²) in [5.41, 5.74) is 2.06. The molecule has 0 saturated carbocycles. The number of ether oxygens (including phenoxy) is 1. The van der Waals surface area contributed by atoms with Gasteiger partial charge in [0.25, 0.3) is 5.91 Å². The normalized spacial score (nSPS) is 15.5. The summed E-state index contributed by atoms with van der Waals surface area (Å²) in [6.07, 6.45) is -0.642. The first-order valence-electron chi connectivity index (χ1n) is 8.93. The van der Waals surface area contributed by atoms with Crippen LogP contribution in [0.1, 0.15) is 37.0 Å². The van der Waals surface area contributed by atoms with E-state index in [0.29, 0.717) is 18.4 Å². The van der Waals surface area contributed by atoms with E-state index in [1.54, 1.807) is 0 Å². The van der Waals surface area contributed by atoms with Crippen LogP contribution >= 0.6 is 0 Å². The molecule has 1 unspecified atom stereocenters. The van der Waals surface area contributed by atoms with E-state index in [9.17, 15) is 4.79 Å². The third-order valence-electron chi connectivity index (χ3n) is 4.55. The van der Waals surface area contributed by atoms with Gasteiger partial charge in [-0.05, 0) is 23.6 Å². The third kappa shape index (κ3) is 4.60. The lowest BCUT2D eigenvalue weighted by atomic mass is 10.0.